The van der Waals surface area contributed by atoms with Crippen molar-refractivity contribution in [1.82, 2.24) is 10.2 Å². The van der Waals surface area contributed by atoms with Crippen molar-refractivity contribution >= 4 is 45.6 Å². The van der Waals surface area contributed by atoms with Gasteiger partial charge in [-0.15, -0.1) is 10.2 Å². The molecule has 1 aliphatic heterocycles. The standard InChI is InChI=1S/C31H29N7O3S2/c1-4-41-21-11-7-19(8-12-21)26-22(16-33)28(34)38(23-13-31(2,3)14-24(39)27(23)26)29-36-37-30(43-29)42-17-25(40)35-20-9-5-18(15-32)6-10-20/h5-12,26H,4,13-14,17,34H2,1-3H3,(H,35,40). The van der Waals surface area contributed by atoms with Crippen molar-refractivity contribution in [3.8, 4) is 17.9 Å². The van der Waals surface area contributed by atoms with Crippen LogP contribution >= 0.6 is 23.1 Å². The molecule has 1 aliphatic carbocycles. The summed E-state index contributed by atoms with van der Waals surface area (Å²) in [6.07, 6.45) is 0.896. The second-order valence-electron chi connectivity index (χ2n) is 10.9. The third-order valence-electron chi connectivity index (χ3n) is 7.12. The van der Waals surface area contributed by atoms with Crippen LogP contribution in [0.5, 0.6) is 5.75 Å². The van der Waals surface area contributed by atoms with E-state index in [1.807, 2.05) is 51.1 Å². The van der Waals surface area contributed by atoms with Crippen molar-refractivity contribution in [3.63, 3.8) is 0 Å². The lowest BCUT2D eigenvalue weighted by molar-refractivity contribution is -0.118. The third-order valence-corrected chi connectivity index (χ3v) is 9.16. The fourth-order valence-electron chi connectivity index (χ4n) is 5.29. The number of nitrogens with two attached hydrogens (primary N) is 1. The van der Waals surface area contributed by atoms with E-state index in [2.05, 4.69) is 21.6 Å². The Morgan fingerprint density at radius 2 is 1.86 bits per heavy atom. The van der Waals surface area contributed by atoms with E-state index in [9.17, 15) is 14.9 Å². The minimum absolute atomic E-state index is 0.0334. The molecule has 5 rings (SSSR count). The first-order valence-corrected chi connectivity index (χ1v) is 15.4. The Morgan fingerprint density at radius 3 is 2.51 bits per heavy atom. The van der Waals surface area contributed by atoms with Gasteiger partial charge >= 0.3 is 0 Å². The van der Waals surface area contributed by atoms with E-state index in [4.69, 9.17) is 15.7 Å². The zero-order chi connectivity index (χ0) is 30.7. The maximum Gasteiger partial charge on any atom is 0.234 e. The number of hydrogen-bond acceptors (Lipinski definition) is 11. The molecule has 218 valence electrons. The maximum atomic E-state index is 13.7. The fraction of sp³-hybridized carbons (Fsp3) is 0.290. The Morgan fingerprint density at radius 1 is 1.14 bits per heavy atom. The lowest BCUT2D eigenvalue weighted by Crippen LogP contribution is -2.42. The van der Waals surface area contributed by atoms with Crippen LogP contribution < -0.4 is 20.7 Å². The minimum atomic E-state index is -0.608. The zero-order valence-corrected chi connectivity index (χ0v) is 25.5. The van der Waals surface area contributed by atoms with Gasteiger partial charge in [0.1, 0.15) is 11.6 Å². The van der Waals surface area contributed by atoms with Crippen LogP contribution in [0.2, 0.25) is 0 Å². The van der Waals surface area contributed by atoms with Crippen molar-refractivity contribution in [2.75, 3.05) is 22.6 Å². The Bertz CT molecular complexity index is 1710. The van der Waals surface area contributed by atoms with Crippen LogP contribution in [0.1, 0.15) is 50.7 Å². The summed E-state index contributed by atoms with van der Waals surface area (Å²) in [4.78, 5) is 28.0. The molecule has 0 spiro atoms. The number of ketones is 1. The number of amides is 1. The second-order valence-corrected chi connectivity index (χ2v) is 13.0. The predicted octanol–water partition coefficient (Wildman–Crippen LogP) is 5.48. The van der Waals surface area contributed by atoms with E-state index in [-0.39, 0.29) is 34.3 Å². The van der Waals surface area contributed by atoms with Crippen molar-refractivity contribution in [2.45, 2.75) is 43.9 Å². The van der Waals surface area contributed by atoms with Gasteiger partial charge in [0.25, 0.3) is 0 Å². The first kappa shape index (κ1) is 29.8. The zero-order valence-electron chi connectivity index (χ0n) is 23.9. The maximum absolute atomic E-state index is 13.7. The Kier molecular flexibility index (Phi) is 8.53. The van der Waals surface area contributed by atoms with Crippen molar-refractivity contribution in [2.24, 2.45) is 11.1 Å². The lowest BCUT2D eigenvalue weighted by Gasteiger charge is -2.42. The molecule has 10 nitrogen and oxygen atoms in total. The molecular weight excluding hydrogens is 583 g/mol. The van der Waals surface area contributed by atoms with Crippen LogP contribution in [-0.2, 0) is 9.59 Å². The normalized spacial score (nSPS) is 17.7. The molecule has 0 saturated heterocycles. The molecule has 1 atom stereocenters. The van der Waals surface area contributed by atoms with Crippen LogP contribution in [0.15, 0.2) is 75.5 Å². The summed E-state index contributed by atoms with van der Waals surface area (Å²) < 4.78 is 6.12. The molecule has 1 aromatic heterocycles. The number of rotatable bonds is 8. The topological polar surface area (TPSA) is 158 Å². The lowest BCUT2D eigenvalue weighted by atomic mass is 9.68. The van der Waals surface area contributed by atoms with E-state index in [0.29, 0.717) is 57.2 Å². The van der Waals surface area contributed by atoms with Crippen molar-refractivity contribution < 1.29 is 14.3 Å². The summed E-state index contributed by atoms with van der Waals surface area (Å²) >= 11 is 2.45. The smallest absolute Gasteiger partial charge is 0.234 e. The molecule has 2 aliphatic rings. The highest BCUT2D eigenvalue weighted by atomic mass is 32.2. The van der Waals surface area contributed by atoms with Gasteiger partial charge in [-0.1, -0.05) is 49.1 Å². The first-order valence-electron chi connectivity index (χ1n) is 13.6. The number of allylic oxidation sites excluding steroid dienone is 3. The number of thioether (sulfide) groups is 1. The number of nitriles is 2. The van der Waals surface area contributed by atoms with Gasteiger partial charge in [-0.2, -0.15) is 10.5 Å². The van der Waals surface area contributed by atoms with E-state index in [1.165, 1.54) is 23.1 Å². The summed E-state index contributed by atoms with van der Waals surface area (Å²) in [5.74, 6) is 0.115. The van der Waals surface area contributed by atoms with Gasteiger partial charge in [0.2, 0.25) is 11.0 Å². The first-order chi connectivity index (χ1) is 20.6. The number of anilines is 2. The molecule has 2 heterocycles. The van der Waals surface area contributed by atoms with Crippen LogP contribution in [0, 0.1) is 28.1 Å². The van der Waals surface area contributed by atoms with Gasteiger partial charge in [-0.05, 0) is 60.7 Å². The van der Waals surface area contributed by atoms with Crippen LogP contribution in [0.4, 0.5) is 10.8 Å². The van der Waals surface area contributed by atoms with Crippen molar-refractivity contribution in [1.29, 1.82) is 10.5 Å². The van der Waals surface area contributed by atoms with Gasteiger partial charge in [-0.25, -0.2) is 0 Å². The van der Waals surface area contributed by atoms with E-state index in [1.54, 1.807) is 29.2 Å². The predicted molar refractivity (Wildman–Crippen MR) is 165 cm³/mol. The number of hydrogen-bond donors (Lipinski definition) is 2. The molecule has 0 radical (unpaired) electrons. The molecule has 43 heavy (non-hydrogen) atoms. The van der Waals surface area contributed by atoms with Gasteiger partial charge in [0, 0.05) is 23.4 Å². The molecule has 1 amide bonds. The number of carbonyl (C=O) groups excluding carboxylic acids is 2. The monoisotopic (exact) mass is 611 g/mol. The molecule has 1 unspecified atom stereocenters. The molecule has 0 saturated carbocycles. The summed E-state index contributed by atoms with van der Waals surface area (Å²) in [5, 5.41) is 31.1. The summed E-state index contributed by atoms with van der Waals surface area (Å²) in [6, 6.07) is 18.3. The third kappa shape index (κ3) is 6.26. The number of carbonyl (C=O) groups is 2. The quantitative estimate of drug-likeness (QED) is 0.312. The van der Waals surface area contributed by atoms with Gasteiger partial charge in [0.15, 0.2) is 10.1 Å². The second kappa shape index (κ2) is 12.3. The average molecular weight is 612 g/mol. The van der Waals surface area contributed by atoms with E-state index in [0.717, 1.165) is 5.56 Å². The number of aromatic nitrogens is 2. The van der Waals surface area contributed by atoms with Gasteiger partial charge in [0.05, 0.1) is 41.6 Å². The summed E-state index contributed by atoms with van der Waals surface area (Å²) in [7, 11) is 0. The van der Waals surface area contributed by atoms with Crippen LogP contribution in [0.25, 0.3) is 0 Å². The molecule has 2 aromatic carbocycles. The van der Waals surface area contributed by atoms with Gasteiger partial charge < -0.3 is 15.8 Å². The SMILES string of the molecule is CCOc1ccc(C2C(C#N)=C(N)N(c3nnc(SCC(=O)Nc4ccc(C#N)cc4)s3)C3=C2C(=O)CC(C)(C)C3)cc1. The summed E-state index contributed by atoms with van der Waals surface area (Å²) in [5.41, 5.74) is 9.78. The number of benzene rings is 2. The van der Waals surface area contributed by atoms with Crippen molar-refractivity contribution in [3.05, 3.63) is 82.3 Å². The molecule has 3 aromatic rings. The molecule has 0 bridgehead atoms. The number of nitrogens with zero attached hydrogens (tertiary/aromatic N) is 5. The number of ether oxygens (including phenoxy) is 1. The largest absolute Gasteiger partial charge is 0.494 e. The fourth-order valence-corrected chi connectivity index (χ4v) is 6.97. The highest BCUT2D eigenvalue weighted by Gasteiger charge is 2.45. The minimum Gasteiger partial charge on any atom is -0.494 e. The van der Waals surface area contributed by atoms with Crippen LogP contribution in [0.3, 0.4) is 0 Å². The highest BCUT2D eigenvalue weighted by molar-refractivity contribution is 8.01. The Hall–Kier alpha value is -4.65. The Balaban J connectivity index is 1.44. The average Bonchev–Trinajstić information content (AvgIpc) is 3.44. The van der Waals surface area contributed by atoms with Gasteiger partial charge in [-0.3, -0.25) is 14.5 Å². The van der Waals surface area contributed by atoms with E-state index >= 15 is 0 Å². The highest BCUT2D eigenvalue weighted by Crippen LogP contribution is 2.50. The molecular formula is C31H29N7O3S2. The summed E-state index contributed by atoms with van der Waals surface area (Å²) in [6.45, 7) is 6.50. The molecule has 0 fully saturated rings. The molecule has 12 heteroatoms. The Labute approximate surface area is 257 Å². The van der Waals surface area contributed by atoms with Crippen LogP contribution in [-0.4, -0.2) is 34.2 Å². The molecule has 3 N–H and O–H groups in total. The number of Topliss-reactive ketones (excluding diaryl/α,β-unsaturated/α-hetero) is 1. The van der Waals surface area contributed by atoms with E-state index < -0.39 is 5.92 Å². The number of nitrogens with one attached hydrogen (secondary N) is 1.